The van der Waals surface area contributed by atoms with Crippen LogP contribution in [0.2, 0.25) is 0 Å². The highest BCUT2D eigenvalue weighted by atomic mass is 16.5. The number of nitrogens with zero attached hydrogens (tertiary/aromatic N) is 3. The lowest BCUT2D eigenvalue weighted by molar-refractivity contribution is -0.116. The number of anilines is 2. The number of rotatable bonds is 6. The SMILES string of the molecule is CN(C)c1ccc(NC(=O)CCCc2nc(C(C)(C)C)no2)cc1. The molecule has 2 aromatic rings. The molecular formula is C18H26N4O2. The Balaban J connectivity index is 1.78. The molecule has 0 aliphatic heterocycles. The molecule has 24 heavy (non-hydrogen) atoms. The van der Waals surface area contributed by atoms with Gasteiger partial charge in [-0.15, -0.1) is 0 Å². The molecule has 0 saturated carbocycles. The predicted molar refractivity (Wildman–Crippen MR) is 95.3 cm³/mol. The summed E-state index contributed by atoms with van der Waals surface area (Å²) in [4.78, 5) is 18.4. The number of nitrogens with one attached hydrogen (secondary N) is 1. The zero-order valence-corrected chi connectivity index (χ0v) is 15.1. The summed E-state index contributed by atoms with van der Waals surface area (Å²) in [6.07, 6.45) is 1.70. The lowest BCUT2D eigenvalue weighted by atomic mass is 9.96. The molecule has 0 saturated heterocycles. The number of benzene rings is 1. The van der Waals surface area contributed by atoms with Gasteiger partial charge in [-0.3, -0.25) is 4.79 Å². The summed E-state index contributed by atoms with van der Waals surface area (Å²) in [7, 11) is 3.96. The number of carbonyl (C=O) groups excluding carboxylic acids is 1. The molecule has 1 aromatic heterocycles. The Morgan fingerprint density at radius 1 is 1.21 bits per heavy atom. The van der Waals surface area contributed by atoms with E-state index in [0.717, 1.165) is 11.4 Å². The van der Waals surface area contributed by atoms with Gasteiger partial charge in [-0.1, -0.05) is 25.9 Å². The van der Waals surface area contributed by atoms with E-state index in [1.807, 2.05) is 64.0 Å². The van der Waals surface area contributed by atoms with Gasteiger partial charge in [0.25, 0.3) is 0 Å². The zero-order valence-electron chi connectivity index (χ0n) is 15.1. The Bertz CT molecular complexity index is 669. The molecule has 0 radical (unpaired) electrons. The van der Waals surface area contributed by atoms with E-state index < -0.39 is 0 Å². The molecule has 1 amide bonds. The van der Waals surface area contributed by atoms with E-state index in [2.05, 4.69) is 15.5 Å². The summed E-state index contributed by atoms with van der Waals surface area (Å²) in [5.41, 5.74) is 1.77. The van der Waals surface area contributed by atoms with Crippen LogP contribution in [0.5, 0.6) is 0 Å². The van der Waals surface area contributed by atoms with Gasteiger partial charge in [-0.2, -0.15) is 4.98 Å². The normalized spacial score (nSPS) is 11.4. The molecule has 6 nitrogen and oxygen atoms in total. The fourth-order valence-corrected chi connectivity index (χ4v) is 2.13. The molecule has 2 rings (SSSR count). The fourth-order valence-electron chi connectivity index (χ4n) is 2.13. The minimum absolute atomic E-state index is 0.0110. The number of amides is 1. The summed E-state index contributed by atoms with van der Waals surface area (Å²) < 4.78 is 5.23. The van der Waals surface area contributed by atoms with Gasteiger partial charge in [0.1, 0.15) is 0 Å². The van der Waals surface area contributed by atoms with Crippen molar-refractivity contribution in [3.63, 3.8) is 0 Å². The molecule has 0 unspecified atom stereocenters. The van der Waals surface area contributed by atoms with Gasteiger partial charge >= 0.3 is 0 Å². The number of hydrogen-bond acceptors (Lipinski definition) is 5. The highest BCUT2D eigenvalue weighted by Gasteiger charge is 2.20. The van der Waals surface area contributed by atoms with Crippen LogP contribution in [0.25, 0.3) is 0 Å². The van der Waals surface area contributed by atoms with E-state index in [1.54, 1.807) is 0 Å². The molecule has 1 heterocycles. The highest BCUT2D eigenvalue weighted by molar-refractivity contribution is 5.90. The first-order chi connectivity index (χ1) is 11.3. The predicted octanol–water partition coefficient (Wildman–Crippen LogP) is 3.39. The lowest BCUT2D eigenvalue weighted by Crippen LogP contribution is -2.13. The standard InChI is InChI=1S/C18H26N4O2/c1-18(2,3)17-20-16(24-21-17)8-6-7-15(23)19-13-9-11-14(12-10-13)22(4)5/h9-12H,6-8H2,1-5H3,(H,19,23). The topological polar surface area (TPSA) is 71.3 Å². The Morgan fingerprint density at radius 3 is 2.42 bits per heavy atom. The molecule has 0 atom stereocenters. The third-order valence-corrected chi connectivity index (χ3v) is 3.60. The number of hydrogen-bond donors (Lipinski definition) is 1. The summed E-state index contributed by atoms with van der Waals surface area (Å²) >= 11 is 0. The van der Waals surface area contributed by atoms with Crippen molar-refractivity contribution in [3.8, 4) is 0 Å². The second-order valence-electron chi connectivity index (χ2n) is 7.10. The van der Waals surface area contributed by atoms with Crippen LogP contribution >= 0.6 is 0 Å². The van der Waals surface area contributed by atoms with Crippen molar-refractivity contribution in [3.05, 3.63) is 36.0 Å². The number of aryl methyl sites for hydroxylation is 1. The molecule has 130 valence electrons. The Hall–Kier alpha value is -2.37. The van der Waals surface area contributed by atoms with E-state index >= 15 is 0 Å². The summed E-state index contributed by atoms with van der Waals surface area (Å²) in [5, 5.41) is 6.88. The van der Waals surface area contributed by atoms with Gasteiger partial charge in [0, 0.05) is 43.7 Å². The fraction of sp³-hybridized carbons (Fsp3) is 0.500. The van der Waals surface area contributed by atoms with E-state index in [1.165, 1.54) is 0 Å². The van der Waals surface area contributed by atoms with E-state index in [4.69, 9.17) is 4.52 Å². The average Bonchev–Trinajstić information content (AvgIpc) is 2.97. The zero-order chi connectivity index (χ0) is 17.7. The molecule has 0 bridgehead atoms. The van der Waals surface area contributed by atoms with Gasteiger partial charge in [0.2, 0.25) is 11.8 Å². The van der Waals surface area contributed by atoms with E-state index in [-0.39, 0.29) is 11.3 Å². The van der Waals surface area contributed by atoms with Gasteiger partial charge in [-0.05, 0) is 30.7 Å². The Labute approximate surface area is 143 Å². The second kappa shape index (κ2) is 7.47. The maximum atomic E-state index is 12.0. The molecule has 0 spiro atoms. The Kier molecular flexibility index (Phi) is 5.59. The van der Waals surface area contributed by atoms with Crippen molar-refractivity contribution >= 4 is 17.3 Å². The van der Waals surface area contributed by atoms with Crippen LogP contribution in [0, 0.1) is 0 Å². The number of aromatic nitrogens is 2. The van der Waals surface area contributed by atoms with Crippen LogP contribution < -0.4 is 10.2 Å². The van der Waals surface area contributed by atoms with Crippen LogP contribution in [-0.4, -0.2) is 30.1 Å². The molecule has 1 N–H and O–H groups in total. The van der Waals surface area contributed by atoms with Crippen molar-refractivity contribution in [2.75, 3.05) is 24.3 Å². The smallest absolute Gasteiger partial charge is 0.226 e. The Morgan fingerprint density at radius 2 is 1.88 bits per heavy atom. The van der Waals surface area contributed by atoms with Crippen molar-refractivity contribution < 1.29 is 9.32 Å². The summed E-state index contributed by atoms with van der Waals surface area (Å²) in [6.45, 7) is 6.12. The summed E-state index contributed by atoms with van der Waals surface area (Å²) in [5.74, 6) is 1.27. The monoisotopic (exact) mass is 330 g/mol. The minimum Gasteiger partial charge on any atom is -0.378 e. The lowest BCUT2D eigenvalue weighted by Gasteiger charge is -2.13. The van der Waals surface area contributed by atoms with Crippen molar-refractivity contribution in [1.82, 2.24) is 10.1 Å². The van der Waals surface area contributed by atoms with Crippen molar-refractivity contribution in [1.29, 1.82) is 0 Å². The first kappa shape index (κ1) is 18.0. The van der Waals surface area contributed by atoms with Crippen LogP contribution in [0.3, 0.4) is 0 Å². The third-order valence-electron chi connectivity index (χ3n) is 3.60. The molecular weight excluding hydrogens is 304 g/mol. The third kappa shape index (κ3) is 5.08. The minimum atomic E-state index is -0.127. The molecule has 6 heteroatoms. The van der Waals surface area contributed by atoms with Gasteiger partial charge in [0.15, 0.2) is 5.82 Å². The molecule has 0 aliphatic rings. The molecule has 1 aromatic carbocycles. The molecule has 0 aliphatic carbocycles. The van der Waals surface area contributed by atoms with Crippen molar-refractivity contribution in [2.45, 2.75) is 45.4 Å². The molecule has 0 fully saturated rings. The maximum Gasteiger partial charge on any atom is 0.226 e. The van der Waals surface area contributed by atoms with Gasteiger partial charge in [-0.25, -0.2) is 0 Å². The van der Waals surface area contributed by atoms with E-state index in [9.17, 15) is 4.79 Å². The first-order valence-corrected chi connectivity index (χ1v) is 8.16. The highest BCUT2D eigenvalue weighted by Crippen LogP contribution is 2.19. The van der Waals surface area contributed by atoms with Crippen molar-refractivity contribution in [2.24, 2.45) is 0 Å². The maximum absolute atomic E-state index is 12.0. The van der Waals surface area contributed by atoms with Crippen LogP contribution in [0.4, 0.5) is 11.4 Å². The quantitative estimate of drug-likeness (QED) is 0.879. The van der Waals surface area contributed by atoms with Gasteiger partial charge < -0.3 is 14.7 Å². The van der Waals surface area contributed by atoms with E-state index in [0.29, 0.717) is 31.0 Å². The second-order valence-corrected chi connectivity index (χ2v) is 7.10. The van der Waals surface area contributed by atoms with Crippen LogP contribution in [0.15, 0.2) is 28.8 Å². The van der Waals surface area contributed by atoms with Crippen LogP contribution in [0.1, 0.15) is 45.3 Å². The average molecular weight is 330 g/mol. The largest absolute Gasteiger partial charge is 0.378 e. The first-order valence-electron chi connectivity index (χ1n) is 8.16. The van der Waals surface area contributed by atoms with Gasteiger partial charge in [0.05, 0.1) is 0 Å². The summed E-state index contributed by atoms with van der Waals surface area (Å²) in [6, 6.07) is 7.76. The van der Waals surface area contributed by atoms with Crippen LogP contribution in [-0.2, 0) is 16.6 Å². The number of carbonyl (C=O) groups is 1.